The summed E-state index contributed by atoms with van der Waals surface area (Å²) in [5.74, 6) is -0.719. The second kappa shape index (κ2) is 7.62. The molecule has 1 nitrogen and oxygen atoms in total. The Morgan fingerprint density at radius 3 is 1.95 bits per heavy atom. The third-order valence-corrected chi connectivity index (χ3v) is 4.98. The number of allylic oxidation sites excluding steroid dienone is 2. The van der Waals surface area contributed by atoms with Crippen molar-refractivity contribution in [2.75, 3.05) is 0 Å². The molecule has 0 heterocycles. The maximum Gasteiger partial charge on any atom is 0.358 e. The molecule has 2 aliphatic rings. The van der Waals surface area contributed by atoms with Crippen molar-refractivity contribution in [2.45, 2.75) is 63.6 Å². The number of rotatable bonds is 5. The predicted octanol–water partition coefficient (Wildman–Crippen LogP) is 5.93. The van der Waals surface area contributed by atoms with Gasteiger partial charge < -0.3 is 4.74 Å². The molecule has 0 aliphatic heterocycles. The molecule has 0 saturated heterocycles. The maximum atomic E-state index is 14.3. The van der Waals surface area contributed by atoms with Crippen molar-refractivity contribution in [2.24, 2.45) is 17.8 Å². The van der Waals surface area contributed by atoms with Gasteiger partial charge in [0.2, 0.25) is 0 Å². The Bertz CT molecular complexity index is 387. The highest BCUT2D eigenvalue weighted by Crippen LogP contribution is 2.42. The van der Waals surface area contributed by atoms with Gasteiger partial charge in [-0.3, -0.25) is 0 Å². The summed E-state index contributed by atoms with van der Waals surface area (Å²) in [6.45, 7) is 3.74. The van der Waals surface area contributed by atoms with E-state index in [0.717, 1.165) is 18.9 Å². The van der Waals surface area contributed by atoms with Gasteiger partial charge in [0.1, 0.15) is 0 Å². The zero-order valence-electron chi connectivity index (χ0n) is 12.7. The summed E-state index contributed by atoms with van der Waals surface area (Å²) >= 11 is 0. The minimum Gasteiger partial charge on any atom is -0.317 e. The summed E-state index contributed by atoms with van der Waals surface area (Å²) in [6.07, 6.45) is 1.72. The van der Waals surface area contributed by atoms with Crippen molar-refractivity contribution >= 4 is 0 Å². The molecule has 2 fully saturated rings. The van der Waals surface area contributed by atoms with Crippen LogP contribution in [-0.2, 0) is 4.74 Å². The highest BCUT2D eigenvalue weighted by Gasteiger charge is 2.44. The third-order valence-electron chi connectivity index (χ3n) is 4.98. The second-order valence-electron chi connectivity index (χ2n) is 6.52. The maximum absolute atomic E-state index is 14.3. The number of hydrogen-bond donors (Lipinski definition) is 0. The Morgan fingerprint density at radius 2 is 1.45 bits per heavy atom. The fourth-order valence-electron chi connectivity index (χ4n) is 3.56. The Kier molecular flexibility index (Phi) is 6.07. The molecule has 0 radical (unpaired) electrons. The predicted molar refractivity (Wildman–Crippen MR) is 77.7 cm³/mol. The Hall–Kier alpha value is -0.840. The van der Waals surface area contributed by atoms with Gasteiger partial charge in [-0.05, 0) is 69.3 Å². The Morgan fingerprint density at radius 1 is 0.909 bits per heavy atom. The molecule has 0 aromatic carbocycles. The van der Waals surface area contributed by atoms with Crippen molar-refractivity contribution in [3.8, 4) is 0 Å². The topological polar surface area (TPSA) is 9.23 Å². The van der Waals surface area contributed by atoms with E-state index in [2.05, 4.69) is 6.58 Å². The van der Waals surface area contributed by atoms with Gasteiger partial charge in [-0.1, -0.05) is 6.08 Å². The highest BCUT2D eigenvalue weighted by molar-refractivity contribution is 4.92. The van der Waals surface area contributed by atoms with Crippen LogP contribution in [0.15, 0.2) is 24.8 Å². The van der Waals surface area contributed by atoms with Gasteiger partial charge in [0, 0.05) is 0 Å². The lowest BCUT2D eigenvalue weighted by molar-refractivity contribution is -0.301. The molecule has 0 unspecified atom stereocenters. The monoisotopic (exact) mass is 320 g/mol. The molecule has 5 heteroatoms. The van der Waals surface area contributed by atoms with E-state index in [4.69, 9.17) is 4.74 Å². The van der Waals surface area contributed by atoms with Crippen LogP contribution < -0.4 is 0 Å². The fourth-order valence-corrected chi connectivity index (χ4v) is 3.56. The summed E-state index contributed by atoms with van der Waals surface area (Å²) in [5.41, 5.74) is 0. The number of halogens is 4. The lowest BCUT2D eigenvalue weighted by Crippen LogP contribution is -2.38. The summed E-state index contributed by atoms with van der Waals surface area (Å²) in [7, 11) is 0. The van der Waals surface area contributed by atoms with E-state index in [-0.39, 0.29) is 18.8 Å². The standard InChI is InChI=1S/C17H24F4O/c1-2-12-5-9-15(10-6-12)22-17(20,21)14-7-3-13(4-8-14)11-16(18)19/h2,11-15H,1,3-10H2. The van der Waals surface area contributed by atoms with E-state index in [0.29, 0.717) is 31.6 Å². The van der Waals surface area contributed by atoms with Crippen LogP contribution in [0.2, 0.25) is 0 Å². The van der Waals surface area contributed by atoms with E-state index in [9.17, 15) is 17.6 Å². The molecule has 0 aromatic heterocycles. The molecule has 0 spiro atoms. The van der Waals surface area contributed by atoms with Crippen LogP contribution in [0.3, 0.4) is 0 Å². The first kappa shape index (κ1) is 17.5. The summed E-state index contributed by atoms with van der Waals surface area (Å²) < 4.78 is 58.0. The minimum absolute atomic E-state index is 0.240. The van der Waals surface area contributed by atoms with Crippen LogP contribution in [-0.4, -0.2) is 12.2 Å². The van der Waals surface area contributed by atoms with Crippen molar-refractivity contribution in [3.05, 3.63) is 24.8 Å². The van der Waals surface area contributed by atoms with Gasteiger partial charge in [-0.25, -0.2) is 0 Å². The molecule has 0 bridgehead atoms. The van der Waals surface area contributed by atoms with Crippen molar-refractivity contribution < 1.29 is 22.3 Å². The lowest BCUT2D eigenvalue weighted by atomic mass is 9.81. The third kappa shape index (κ3) is 4.83. The number of hydrogen-bond acceptors (Lipinski definition) is 1. The number of ether oxygens (including phenoxy) is 1. The van der Waals surface area contributed by atoms with Crippen LogP contribution in [0.25, 0.3) is 0 Å². The van der Waals surface area contributed by atoms with E-state index >= 15 is 0 Å². The molecule has 0 atom stereocenters. The van der Waals surface area contributed by atoms with Crippen molar-refractivity contribution in [1.29, 1.82) is 0 Å². The largest absolute Gasteiger partial charge is 0.358 e. The second-order valence-corrected chi connectivity index (χ2v) is 6.52. The molecular formula is C17H24F4O. The van der Waals surface area contributed by atoms with Crippen LogP contribution in [0.1, 0.15) is 51.4 Å². The Balaban J connectivity index is 1.81. The minimum atomic E-state index is -3.14. The van der Waals surface area contributed by atoms with E-state index in [1.165, 1.54) is 0 Å². The van der Waals surface area contributed by atoms with Crippen LogP contribution in [0, 0.1) is 17.8 Å². The van der Waals surface area contributed by atoms with Gasteiger partial charge in [0.05, 0.1) is 12.0 Å². The molecule has 2 saturated carbocycles. The van der Waals surface area contributed by atoms with Gasteiger partial charge in [-0.15, -0.1) is 6.58 Å². The normalized spacial score (nSPS) is 33.3. The first-order valence-corrected chi connectivity index (χ1v) is 8.11. The average molecular weight is 320 g/mol. The van der Waals surface area contributed by atoms with Crippen LogP contribution >= 0.6 is 0 Å². The Labute approximate surface area is 129 Å². The molecule has 126 valence electrons. The fraction of sp³-hybridized carbons (Fsp3) is 0.765. The molecule has 0 N–H and O–H groups in total. The summed E-state index contributed by atoms with van der Waals surface area (Å²) in [4.78, 5) is 0. The van der Waals surface area contributed by atoms with Crippen LogP contribution in [0.4, 0.5) is 17.6 Å². The summed E-state index contributed by atoms with van der Waals surface area (Å²) in [6, 6.07) is 0. The SMILES string of the molecule is C=CC1CCC(OC(F)(F)C2CCC(C=C(F)F)CC2)CC1. The smallest absolute Gasteiger partial charge is 0.317 e. The summed E-state index contributed by atoms with van der Waals surface area (Å²) in [5, 5.41) is 0. The van der Waals surface area contributed by atoms with E-state index in [1.54, 1.807) is 0 Å². The first-order chi connectivity index (χ1) is 10.4. The lowest BCUT2D eigenvalue weighted by Gasteiger charge is -2.36. The van der Waals surface area contributed by atoms with Crippen molar-refractivity contribution in [3.63, 3.8) is 0 Å². The quantitative estimate of drug-likeness (QED) is 0.451. The van der Waals surface area contributed by atoms with Crippen molar-refractivity contribution in [1.82, 2.24) is 0 Å². The zero-order chi connectivity index (χ0) is 16.2. The van der Waals surface area contributed by atoms with Crippen LogP contribution in [0.5, 0.6) is 0 Å². The molecule has 2 rings (SSSR count). The molecule has 22 heavy (non-hydrogen) atoms. The number of alkyl halides is 2. The average Bonchev–Trinajstić information content (AvgIpc) is 2.47. The van der Waals surface area contributed by atoms with Gasteiger partial charge >= 0.3 is 6.11 Å². The van der Waals surface area contributed by atoms with Gasteiger partial charge in [0.25, 0.3) is 6.08 Å². The molecule has 2 aliphatic carbocycles. The molecular weight excluding hydrogens is 296 g/mol. The zero-order valence-corrected chi connectivity index (χ0v) is 12.7. The highest BCUT2D eigenvalue weighted by atomic mass is 19.3. The van der Waals surface area contributed by atoms with Gasteiger partial charge in [0.15, 0.2) is 0 Å². The molecule has 0 amide bonds. The first-order valence-electron chi connectivity index (χ1n) is 8.11. The van der Waals surface area contributed by atoms with E-state index in [1.807, 2.05) is 6.08 Å². The molecule has 0 aromatic rings. The van der Waals surface area contributed by atoms with Gasteiger partial charge in [-0.2, -0.15) is 17.6 Å². The van der Waals surface area contributed by atoms with E-state index < -0.39 is 24.2 Å².